The van der Waals surface area contributed by atoms with Gasteiger partial charge < -0.3 is 10.6 Å². The van der Waals surface area contributed by atoms with E-state index < -0.39 is 0 Å². The fraction of sp³-hybridized carbons (Fsp3) is 0.167. The Balaban J connectivity index is 2.13. The molecule has 2 rings (SSSR count). The lowest BCUT2D eigenvalue weighted by atomic mass is 10.2. The molecule has 2 amide bonds. The van der Waals surface area contributed by atoms with Crippen molar-refractivity contribution in [3.05, 3.63) is 34.8 Å². The number of nitrogens with one attached hydrogen (secondary N) is 2. The largest absolute Gasteiger partial charge is 0.326 e. The number of carbonyl (C=O) groups excluding carboxylic acids is 2. The molecule has 0 atom stereocenters. The highest BCUT2D eigenvalue weighted by Gasteiger charge is 2.13. The monoisotopic (exact) mass is 276 g/mol. The Morgan fingerprint density at radius 3 is 2.47 bits per heavy atom. The smallest absolute Gasteiger partial charge is 0.269 e. The van der Waals surface area contributed by atoms with E-state index in [4.69, 9.17) is 0 Å². The van der Waals surface area contributed by atoms with Crippen LogP contribution in [0.25, 0.3) is 0 Å². The standard InChI is InChI=1S/C12H12N4O2S/c1-7-11(19-16-15-7)12(18)14-10-5-3-4-9(6-10)13-8(2)17/h3-6H,1-2H3,(H,13,17)(H,14,18). The molecule has 0 aliphatic carbocycles. The molecule has 0 unspecified atom stereocenters. The number of hydrogen-bond acceptors (Lipinski definition) is 5. The number of rotatable bonds is 3. The second-order valence-corrected chi connectivity index (χ2v) is 4.66. The maximum atomic E-state index is 12.0. The number of anilines is 2. The van der Waals surface area contributed by atoms with Crippen LogP contribution in [-0.4, -0.2) is 21.4 Å². The summed E-state index contributed by atoms with van der Waals surface area (Å²) in [5, 5.41) is 9.18. The van der Waals surface area contributed by atoms with Crippen LogP contribution in [0.3, 0.4) is 0 Å². The van der Waals surface area contributed by atoms with E-state index >= 15 is 0 Å². The predicted molar refractivity (Wildman–Crippen MR) is 73.3 cm³/mol. The molecule has 6 nitrogen and oxygen atoms in total. The summed E-state index contributed by atoms with van der Waals surface area (Å²) in [6, 6.07) is 6.92. The van der Waals surface area contributed by atoms with E-state index in [2.05, 4.69) is 20.2 Å². The van der Waals surface area contributed by atoms with Gasteiger partial charge in [0.05, 0.1) is 5.69 Å². The van der Waals surface area contributed by atoms with Crippen LogP contribution in [0.1, 0.15) is 22.3 Å². The second-order valence-electron chi connectivity index (χ2n) is 3.90. The zero-order chi connectivity index (χ0) is 13.8. The Morgan fingerprint density at radius 1 is 1.21 bits per heavy atom. The third-order valence-electron chi connectivity index (χ3n) is 2.30. The van der Waals surface area contributed by atoms with Crippen molar-refractivity contribution in [3.8, 4) is 0 Å². The van der Waals surface area contributed by atoms with E-state index in [1.54, 1.807) is 31.2 Å². The van der Waals surface area contributed by atoms with Crippen molar-refractivity contribution in [2.45, 2.75) is 13.8 Å². The first-order chi connectivity index (χ1) is 9.06. The number of aromatic nitrogens is 2. The maximum absolute atomic E-state index is 12.0. The minimum Gasteiger partial charge on any atom is -0.326 e. The summed E-state index contributed by atoms with van der Waals surface area (Å²) in [6.45, 7) is 3.16. The molecule has 0 saturated carbocycles. The quantitative estimate of drug-likeness (QED) is 0.898. The Labute approximate surface area is 114 Å². The van der Waals surface area contributed by atoms with Crippen LogP contribution in [0.2, 0.25) is 0 Å². The van der Waals surface area contributed by atoms with Crippen LogP contribution in [0.4, 0.5) is 11.4 Å². The van der Waals surface area contributed by atoms with Gasteiger partial charge in [0.15, 0.2) is 0 Å². The number of nitrogens with zero attached hydrogens (tertiary/aromatic N) is 2. The Hall–Kier alpha value is -2.28. The lowest BCUT2D eigenvalue weighted by molar-refractivity contribution is -0.114. The maximum Gasteiger partial charge on any atom is 0.269 e. The average Bonchev–Trinajstić information content (AvgIpc) is 2.75. The van der Waals surface area contributed by atoms with Crippen LogP contribution >= 0.6 is 11.5 Å². The summed E-state index contributed by atoms with van der Waals surface area (Å²) in [7, 11) is 0. The molecule has 0 fully saturated rings. The van der Waals surface area contributed by atoms with Crippen molar-refractivity contribution in [3.63, 3.8) is 0 Å². The van der Waals surface area contributed by atoms with Crippen LogP contribution < -0.4 is 10.6 Å². The van der Waals surface area contributed by atoms with E-state index in [1.165, 1.54) is 6.92 Å². The summed E-state index contributed by atoms with van der Waals surface area (Å²) in [5.41, 5.74) is 1.83. The van der Waals surface area contributed by atoms with Crippen molar-refractivity contribution in [2.75, 3.05) is 10.6 Å². The Morgan fingerprint density at radius 2 is 1.89 bits per heavy atom. The van der Waals surface area contributed by atoms with E-state index in [-0.39, 0.29) is 11.8 Å². The highest BCUT2D eigenvalue weighted by atomic mass is 32.1. The molecule has 2 N–H and O–H groups in total. The van der Waals surface area contributed by atoms with Crippen molar-refractivity contribution in [2.24, 2.45) is 0 Å². The van der Waals surface area contributed by atoms with Gasteiger partial charge in [-0.05, 0) is 36.7 Å². The van der Waals surface area contributed by atoms with Gasteiger partial charge >= 0.3 is 0 Å². The van der Waals surface area contributed by atoms with Gasteiger partial charge in [-0.1, -0.05) is 10.6 Å². The zero-order valence-electron chi connectivity index (χ0n) is 10.4. The van der Waals surface area contributed by atoms with E-state index in [0.29, 0.717) is 21.9 Å². The van der Waals surface area contributed by atoms with Crippen molar-refractivity contribution in [1.82, 2.24) is 9.59 Å². The van der Waals surface area contributed by atoms with Gasteiger partial charge in [0.2, 0.25) is 5.91 Å². The third kappa shape index (κ3) is 3.35. The summed E-state index contributed by atoms with van der Waals surface area (Å²) in [6.07, 6.45) is 0. The van der Waals surface area contributed by atoms with Crippen molar-refractivity contribution in [1.29, 1.82) is 0 Å². The molecule has 0 aliphatic heterocycles. The van der Waals surface area contributed by atoms with E-state index in [0.717, 1.165) is 11.5 Å². The number of carbonyl (C=O) groups is 2. The van der Waals surface area contributed by atoms with Crippen LogP contribution in [-0.2, 0) is 4.79 Å². The molecule has 19 heavy (non-hydrogen) atoms. The zero-order valence-corrected chi connectivity index (χ0v) is 11.2. The SMILES string of the molecule is CC(=O)Nc1cccc(NC(=O)c2snnc2C)c1. The van der Waals surface area contributed by atoms with Gasteiger partial charge in [-0.15, -0.1) is 5.10 Å². The third-order valence-corrected chi connectivity index (χ3v) is 3.13. The normalized spacial score (nSPS) is 10.0. The molecular formula is C12H12N4O2S. The minimum absolute atomic E-state index is 0.161. The first kappa shape index (κ1) is 13.2. The number of benzene rings is 1. The molecule has 0 bridgehead atoms. The summed E-state index contributed by atoms with van der Waals surface area (Å²) >= 11 is 1.05. The van der Waals surface area contributed by atoms with Gasteiger partial charge in [-0.25, -0.2) is 0 Å². The Bertz CT molecular complexity index is 624. The average molecular weight is 276 g/mol. The van der Waals surface area contributed by atoms with Crippen LogP contribution in [0, 0.1) is 6.92 Å². The second kappa shape index (κ2) is 5.57. The molecule has 7 heteroatoms. The van der Waals surface area contributed by atoms with Gasteiger partial charge in [-0.2, -0.15) is 0 Å². The molecule has 0 saturated heterocycles. The van der Waals surface area contributed by atoms with Crippen LogP contribution in [0.5, 0.6) is 0 Å². The fourth-order valence-corrected chi connectivity index (χ4v) is 2.06. The number of amides is 2. The summed E-state index contributed by atoms with van der Waals surface area (Å²) in [4.78, 5) is 23.4. The highest BCUT2D eigenvalue weighted by Crippen LogP contribution is 2.17. The molecule has 0 aliphatic rings. The molecule has 1 aromatic carbocycles. The lowest BCUT2D eigenvalue weighted by Crippen LogP contribution is -2.12. The first-order valence-corrected chi connectivity index (χ1v) is 6.31. The lowest BCUT2D eigenvalue weighted by Gasteiger charge is -2.06. The van der Waals surface area contributed by atoms with Crippen molar-refractivity contribution >= 4 is 34.7 Å². The number of hydrogen-bond donors (Lipinski definition) is 2. The first-order valence-electron chi connectivity index (χ1n) is 5.54. The molecule has 1 heterocycles. The van der Waals surface area contributed by atoms with Gasteiger partial charge in [0.1, 0.15) is 4.88 Å². The van der Waals surface area contributed by atoms with E-state index in [1.807, 2.05) is 0 Å². The fourth-order valence-electron chi connectivity index (χ4n) is 1.51. The topological polar surface area (TPSA) is 84.0 Å². The van der Waals surface area contributed by atoms with Crippen LogP contribution in [0.15, 0.2) is 24.3 Å². The van der Waals surface area contributed by atoms with Gasteiger partial charge in [0, 0.05) is 18.3 Å². The highest BCUT2D eigenvalue weighted by molar-refractivity contribution is 7.08. The van der Waals surface area contributed by atoms with Crippen molar-refractivity contribution < 1.29 is 9.59 Å². The molecule has 1 aromatic heterocycles. The predicted octanol–water partition coefficient (Wildman–Crippen LogP) is 2.06. The molecular weight excluding hydrogens is 264 g/mol. The molecule has 0 radical (unpaired) electrons. The minimum atomic E-state index is -0.257. The summed E-state index contributed by atoms with van der Waals surface area (Å²) in [5.74, 6) is -0.418. The molecule has 2 aromatic rings. The summed E-state index contributed by atoms with van der Waals surface area (Å²) < 4.78 is 3.72. The van der Waals surface area contributed by atoms with E-state index in [9.17, 15) is 9.59 Å². The van der Waals surface area contributed by atoms with Gasteiger partial charge in [-0.3, -0.25) is 9.59 Å². The Kier molecular flexibility index (Phi) is 3.86. The number of aryl methyl sites for hydroxylation is 1. The van der Waals surface area contributed by atoms with Gasteiger partial charge in [0.25, 0.3) is 5.91 Å². The molecule has 0 spiro atoms. The molecule has 98 valence electrons.